The molecular formula is C9H10N4O2. The lowest BCUT2D eigenvalue weighted by atomic mass is 10.3. The summed E-state index contributed by atoms with van der Waals surface area (Å²) in [5.41, 5.74) is 5.29. The Labute approximate surface area is 86.7 Å². The summed E-state index contributed by atoms with van der Waals surface area (Å²) >= 11 is 0. The summed E-state index contributed by atoms with van der Waals surface area (Å²) in [6.45, 7) is 0.554. The van der Waals surface area contributed by atoms with E-state index in [4.69, 9.17) is 11.0 Å². The summed E-state index contributed by atoms with van der Waals surface area (Å²) in [6, 6.07) is 5.19. The summed E-state index contributed by atoms with van der Waals surface area (Å²) in [7, 11) is 0. The van der Waals surface area contributed by atoms with Crippen molar-refractivity contribution in [3.05, 3.63) is 23.9 Å². The first kappa shape index (κ1) is 10.8. The van der Waals surface area contributed by atoms with Crippen LogP contribution in [0.25, 0.3) is 0 Å². The first-order valence-electron chi connectivity index (χ1n) is 4.24. The minimum absolute atomic E-state index is 0.161. The van der Waals surface area contributed by atoms with Gasteiger partial charge in [-0.25, -0.2) is 9.78 Å². The molecule has 1 aromatic rings. The SMILES string of the molecule is N#Cc1ccnc(NCCOC(N)=O)c1. The highest BCUT2D eigenvalue weighted by Gasteiger charge is 1.96. The van der Waals surface area contributed by atoms with Crippen molar-refractivity contribution in [2.75, 3.05) is 18.5 Å². The van der Waals surface area contributed by atoms with Gasteiger partial charge in [0.25, 0.3) is 0 Å². The number of ether oxygens (including phenoxy) is 1. The van der Waals surface area contributed by atoms with E-state index < -0.39 is 6.09 Å². The van der Waals surface area contributed by atoms with Gasteiger partial charge in [0.15, 0.2) is 0 Å². The van der Waals surface area contributed by atoms with Crippen LogP contribution in [0.1, 0.15) is 5.56 Å². The molecule has 0 saturated carbocycles. The lowest BCUT2D eigenvalue weighted by molar-refractivity contribution is 0.161. The number of carbonyl (C=O) groups excluding carboxylic acids is 1. The number of carbonyl (C=O) groups is 1. The number of primary amides is 1. The van der Waals surface area contributed by atoms with E-state index in [0.717, 1.165) is 0 Å². The highest BCUT2D eigenvalue weighted by Crippen LogP contribution is 2.04. The first-order chi connectivity index (χ1) is 7.22. The molecule has 0 aliphatic rings. The Morgan fingerprint density at radius 1 is 1.73 bits per heavy atom. The van der Waals surface area contributed by atoms with Gasteiger partial charge in [0, 0.05) is 6.20 Å². The highest BCUT2D eigenvalue weighted by atomic mass is 16.5. The van der Waals surface area contributed by atoms with Crippen molar-refractivity contribution >= 4 is 11.9 Å². The zero-order valence-corrected chi connectivity index (χ0v) is 7.93. The zero-order chi connectivity index (χ0) is 11.1. The van der Waals surface area contributed by atoms with E-state index >= 15 is 0 Å². The Hall–Kier alpha value is -2.29. The van der Waals surface area contributed by atoms with Crippen LogP contribution in [0.2, 0.25) is 0 Å². The predicted octanol–water partition coefficient (Wildman–Crippen LogP) is 0.460. The fourth-order valence-corrected chi connectivity index (χ4v) is 0.927. The zero-order valence-electron chi connectivity index (χ0n) is 7.93. The Morgan fingerprint density at radius 2 is 2.53 bits per heavy atom. The number of pyridine rings is 1. The number of amides is 1. The molecule has 78 valence electrons. The maximum Gasteiger partial charge on any atom is 0.404 e. The molecule has 0 bridgehead atoms. The van der Waals surface area contributed by atoms with Gasteiger partial charge in [-0.05, 0) is 12.1 Å². The summed E-state index contributed by atoms with van der Waals surface area (Å²) in [4.78, 5) is 14.2. The first-order valence-corrected chi connectivity index (χ1v) is 4.24. The van der Waals surface area contributed by atoms with Gasteiger partial charge in [0.2, 0.25) is 0 Å². The van der Waals surface area contributed by atoms with Crippen molar-refractivity contribution in [3.63, 3.8) is 0 Å². The molecule has 0 saturated heterocycles. The van der Waals surface area contributed by atoms with Crippen LogP contribution in [0, 0.1) is 11.3 Å². The number of rotatable bonds is 4. The van der Waals surface area contributed by atoms with Gasteiger partial charge < -0.3 is 15.8 Å². The number of nitrogens with zero attached hydrogens (tertiary/aromatic N) is 2. The molecule has 0 unspecified atom stereocenters. The normalized spacial score (nSPS) is 9.00. The summed E-state index contributed by atoms with van der Waals surface area (Å²) < 4.78 is 4.50. The number of aromatic nitrogens is 1. The molecule has 0 aliphatic heterocycles. The maximum atomic E-state index is 10.2. The van der Waals surface area contributed by atoms with Gasteiger partial charge >= 0.3 is 6.09 Å². The number of nitrogens with one attached hydrogen (secondary N) is 1. The molecule has 0 atom stereocenters. The van der Waals surface area contributed by atoms with Crippen LogP contribution in [-0.2, 0) is 4.74 Å². The summed E-state index contributed by atoms with van der Waals surface area (Å²) in [6.07, 6.45) is 0.714. The average molecular weight is 206 g/mol. The third kappa shape index (κ3) is 3.95. The van der Waals surface area contributed by atoms with Crippen LogP contribution in [0.15, 0.2) is 18.3 Å². The Kier molecular flexibility index (Phi) is 3.91. The fourth-order valence-electron chi connectivity index (χ4n) is 0.927. The van der Waals surface area contributed by atoms with Crippen LogP contribution in [0.3, 0.4) is 0 Å². The second-order valence-corrected chi connectivity index (χ2v) is 2.64. The number of anilines is 1. The quantitative estimate of drug-likeness (QED) is 0.697. The second-order valence-electron chi connectivity index (χ2n) is 2.64. The molecule has 6 heteroatoms. The topological polar surface area (TPSA) is 101 Å². The van der Waals surface area contributed by atoms with Crippen molar-refractivity contribution in [1.82, 2.24) is 4.98 Å². The van der Waals surface area contributed by atoms with Gasteiger partial charge in [-0.1, -0.05) is 0 Å². The van der Waals surface area contributed by atoms with E-state index in [1.165, 1.54) is 6.20 Å². The van der Waals surface area contributed by atoms with Crippen molar-refractivity contribution in [2.45, 2.75) is 0 Å². The van der Waals surface area contributed by atoms with Crippen molar-refractivity contribution < 1.29 is 9.53 Å². The monoisotopic (exact) mass is 206 g/mol. The second kappa shape index (κ2) is 5.44. The summed E-state index contributed by atoms with van der Waals surface area (Å²) in [5.74, 6) is 0.558. The number of nitrogens with two attached hydrogens (primary N) is 1. The van der Waals surface area contributed by atoms with E-state index in [1.807, 2.05) is 6.07 Å². The predicted molar refractivity (Wildman–Crippen MR) is 53.0 cm³/mol. The largest absolute Gasteiger partial charge is 0.448 e. The van der Waals surface area contributed by atoms with E-state index in [9.17, 15) is 4.79 Å². The Balaban J connectivity index is 2.38. The fraction of sp³-hybridized carbons (Fsp3) is 0.222. The molecule has 0 radical (unpaired) electrons. The molecule has 0 aromatic carbocycles. The van der Waals surface area contributed by atoms with Crippen LogP contribution >= 0.6 is 0 Å². The number of hydrogen-bond acceptors (Lipinski definition) is 5. The van der Waals surface area contributed by atoms with Gasteiger partial charge in [0.05, 0.1) is 18.2 Å². The number of nitriles is 1. The van der Waals surface area contributed by atoms with Crippen LogP contribution < -0.4 is 11.1 Å². The molecule has 0 fully saturated rings. The lowest BCUT2D eigenvalue weighted by Crippen LogP contribution is -2.18. The van der Waals surface area contributed by atoms with Gasteiger partial charge in [0.1, 0.15) is 12.4 Å². The highest BCUT2D eigenvalue weighted by molar-refractivity contribution is 5.64. The van der Waals surface area contributed by atoms with Crippen molar-refractivity contribution in [3.8, 4) is 6.07 Å². The minimum Gasteiger partial charge on any atom is -0.448 e. The molecule has 1 heterocycles. The molecule has 15 heavy (non-hydrogen) atoms. The smallest absolute Gasteiger partial charge is 0.404 e. The van der Waals surface area contributed by atoms with Crippen molar-refractivity contribution in [1.29, 1.82) is 5.26 Å². The van der Waals surface area contributed by atoms with Gasteiger partial charge in [-0.15, -0.1) is 0 Å². The van der Waals surface area contributed by atoms with Crippen molar-refractivity contribution in [2.24, 2.45) is 5.73 Å². The molecule has 1 aromatic heterocycles. The Bertz CT molecular complexity index is 386. The van der Waals surface area contributed by atoms with E-state index in [2.05, 4.69) is 15.0 Å². The van der Waals surface area contributed by atoms with Crippen LogP contribution in [-0.4, -0.2) is 24.2 Å². The molecular weight excluding hydrogens is 196 g/mol. The molecule has 1 amide bonds. The van der Waals surface area contributed by atoms with E-state index in [-0.39, 0.29) is 6.61 Å². The van der Waals surface area contributed by atoms with Gasteiger partial charge in [-0.3, -0.25) is 0 Å². The maximum absolute atomic E-state index is 10.2. The Morgan fingerprint density at radius 3 is 3.20 bits per heavy atom. The summed E-state index contributed by atoms with van der Waals surface area (Å²) in [5, 5.41) is 11.5. The molecule has 0 spiro atoms. The van der Waals surface area contributed by atoms with Gasteiger partial charge in [-0.2, -0.15) is 5.26 Å². The molecule has 1 rings (SSSR count). The third-order valence-electron chi connectivity index (χ3n) is 1.54. The average Bonchev–Trinajstić information content (AvgIpc) is 2.24. The van der Waals surface area contributed by atoms with E-state index in [0.29, 0.717) is 17.9 Å². The van der Waals surface area contributed by atoms with Crippen LogP contribution in [0.5, 0.6) is 0 Å². The molecule has 6 nitrogen and oxygen atoms in total. The molecule has 0 aliphatic carbocycles. The lowest BCUT2D eigenvalue weighted by Gasteiger charge is -2.04. The van der Waals surface area contributed by atoms with E-state index in [1.54, 1.807) is 12.1 Å². The number of hydrogen-bond donors (Lipinski definition) is 2. The molecule has 3 N–H and O–H groups in total. The minimum atomic E-state index is -0.810. The van der Waals surface area contributed by atoms with Crippen LogP contribution in [0.4, 0.5) is 10.6 Å². The standard InChI is InChI=1S/C9H10N4O2/c10-6-7-1-2-12-8(5-7)13-3-4-15-9(11)14/h1-2,5H,3-4H2,(H2,11,14)(H,12,13). The third-order valence-corrected chi connectivity index (χ3v) is 1.54.